The summed E-state index contributed by atoms with van der Waals surface area (Å²) in [6.07, 6.45) is 3.54. The SMILES string of the molecule is CCNC(CC(CC)CC)c1ccc(F)cc1I. The van der Waals surface area contributed by atoms with Gasteiger partial charge in [0.1, 0.15) is 5.82 Å². The molecule has 0 bridgehead atoms. The van der Waals surface area contributed by atoms with Crippen molar-refractivity contribution < 1.29 is 4.39 Å². The van der Waals surface area contributed by atoms with Crippen molar-refractivity contribution in [2.75, 3.05) is 6.54 Å². The Hall–Kier alpha value is -0.160. The topological polar surface area (TPSA) is 12.0 Å². The van der Waals surface area contributed by atoms with E-state index in [9.17, 15) is 4.39 Å². The highest BCUT2D eigenvalue weighted by atomic mass is 127. The molecule has 0 radical (unpaired) electrons. The number of rotatable bonds is 7. The fraction of sp³-hybridized carbons (Fsp3) is 0.600. The average Bonchev–Trinajstić information content (AvgIpc) is 2.35. The van der Waals surface area contributed by atoms with Gasteiger partial charge in [-0.2, -0.15) is 0 Å². The summed E-state index contributed by atoms with van der Waals surface area (Å²) in [5.41, 5.74) is 1.23. The molecule has 0 saturated carbocycles. The van der Waals surface area contributed by atoms with E-state index in [1.807, 2.05) is 6.07 Å². The third-order valence-electron chi connectivity index (χ3n) is 3.51. The van der Waals surface area contributed by atoms with E-state index in [1.54, 1.807) is 12.1 Å². The Bertz CT molecular complexity index is 364. The van der Waals surface area contributed by atoms with E-state index >= 15 is 0 Å². The first-order chi connectivity index (χ1) is 8.62. The molecule has 1 aromatic rings. The number of nitrogens with one attached hydrogen (secondary N) is 1. The minimum absolute atomic E-state index is 0.152. The summed E-state index contributed by atoms with van der Waals surface area (Å²) < 4.78 is 14.2. The third kappa shape index (κ3) is 4.50. The second kappa shape index (κ2) is 8.10. The van der Waals surface area contributed by atoms with Crippen molar-refractivity contribution in [2.45, 2.75) is 46.1 Å². The van der Waals surface area contributed by atoms with Crippen molar-refractivity contribution in [1.82, 2.24) is 5.32 Å². The van der Waals surface area contributed by atoms with Crippen molar-refractivity contribution in [2.24, 2.45) is 5.92 Å². The highest BCUT2D eigenvalue weighted by molar-refractivity contribution is 14.1. The van der Waals surface area contributed by atoms with Gasteiger partial charge in [0, 0.05) is 9.61 Å². The molecule has 0 spiro atoms. The van der Waals surface area contributed by atoms with E-state index in [-0.39, 0.29) is 5.82 Å². The molecule has 1 rings (SSSR count). The first-order valence-electron chi connectivity index (χ1n) is 6.80. The minimum Gasteiger partial charge on any atom is -0.310 e. The van der Waals surface area contributed by atoms with Crippen LogP contribution in [0.15, 0.2) is 18.2 Å². The summed E-state index contributed by atoms with van der Waals surface area (Å²) in [4.78, 5) is 0. The predicted octanol–water partition coefficient (Wildman–Crippen LogP) is 4.91. The van der Waals surface area contributed by atoms with Crippen LogP contribution in [-0.4, -0.2) is 6.54 Å². The van der Waals surface area contributed by atoms with E-state index in [0.29, 0.717) is 6.04 Å². The van der Waals surface area contributed by atoms with Gasteiger partial charge in [-0.05, 0) is 59.2 Å². The number of benzene rings is 1. The zero-order valence-corrected chi connectivity index (χ0v) is 13.6. The second-order valence-electron chi connectivity index (χ2n) is 4.69. The molecular formula is C15H23FIN. The first-order valence-corrected chi connectivity index (χ1v) is 7.88. The molecule has 3 heteroatoms. The van der Waals surface area contributed by atoms with Gasteiger partial charge in [0.05, 0.1) is 0 Å². The Balaban J connectivity index is 2.89. The van der Waals surface area contributed by atoms with Gasteiger partial charge in [0.25, 0.3) is 0 Å². The standard InChI is InChI=1S/C15H23FIN/c1-4-11(5-2)9-15(18-6-3)13-8-7-12(16)10-14(13)17/h7-8,10-11,15,18H,4-6,9H2,1-3H3. The van der Waals surface area contributed by atoms with Gasteiger partial charge in [0.2, 0.25) is 0 Å². The lowest BCUT2D eigenvalue weighted by atomic mass is 9.91. The lowest BCUT2D eigenvalue weighted by molar-refractivity contribution is 0.374. The van der Waals surface area contributed by atoms with Crippen LogP contribution in [0.5, 0.6) is 0 Å². The summed E-state index contributed by atoms with van der Waals surface area (Å²) in [6, 6.07) is 5.45. The zero-order chi connectivity index (χ0) is 13.5. The van der Waals surface area contributed by atoms with Crippen molar-refractivity contribution in [3.8, 4) is 0 Å². The Morgan fingerprint density at radius 1 is 1.22 bits per heavy atom. The average molecular weight is 363 g/mol. The van der Waals surface area contributed by atoms with Gasteiger partial charge in [-0.25, -0.2) is 4.39 Å². The largest absolute Gasteiger partial charge is 0.310 e. The van der Waals surface area contributed by atoms with Crippen LogP contribution in [0.4, 0.5) is 4.39 Å². The van der Waals surface area contributed by atoms with Crippen LogP contribution < -0.4 is 5.32 Å². The molecule has 0 heterocycles. The maximum Gasteiger partial charge on any atom is 0.124 e. The highest BCUT2D eigenvalue weighted by Gasteiger charge is 2.17. The molecule has 1 nitrogen and oxygen atoms in total. The van der Waals surface area contributed by atoms with Gasteiger partial charge in [-0.1, -0.05) is 39.7 Å². The monoisotopic (exact) mass is 363 g/mol. The molecular weight excluding hydrogens is 340 g/mol. The van der Waals surface area contributed by atoms with Crippen LogP contribution >= 0.6 is 22.6 Å². The van der Waals surface area contributed by atoms with Gasteiger partial charge in [-0.15, -0.1) is 0 Å². The number of hydrogen-bond donors (Lipinski definition) is 1. The third-order valence-corrected chi connectivity index (χ3v) is 4.45. The van der Waals surface area contributed by atoms with Gasteiger partial charge >= 0.3 is 0 Å². The van der Waals surface area contributed by atoms with E-state index < -0.39 is 0 Å². The summed E-state index contributed by atoms with van der Waals surface area (Å²) in [7, 11) is 0. The normalized spacial score (nSPS) is 13.0. The molecule has 0 aromatic heterocycles. The quantitative estimate of drug-likeness (QED) is 0.679. The molecule has 0 aliphatic carbocycles. The Labute approximate surface area is 124 Å². The van der Waals surface area contributed by atoms with Crippen LogP contribution in [0.25, 0.3) is 0 Å². The Morgan fingerprint density at radius 3 is 2.39 bits per heavy atom. The highest BCUT2D eigenvalue weighted by Crippen LogP contribution is 2.28. The number of hydrogen-bond acceptors (Lipinski definition) is 1. The Kier molecular flexibility index (Phi) is 7.15. The second-order valence-corrected chi connectivity index (χ2v) is 5.86. The van der Waals surface area contributed by atoms with Crippen molar-refractivity contribution in [1.29, 1.82) is 0 Å². The first kappa shape index (κ1) is 15.9. The van der Waals surface area contributed by atoms with E-state index in [4.69, 9.17) is 0 Å². The summed E-state index contributed by atoms with van der Waals surface area (Å²) in [5, 5.41) is 3.53. The molecule has 18 heavy (non-hydrogen) atoms. The van der Waals surface area contributed by atoms with Crippen LogP contribution in [0.2, 0.25) is 0 Å². The number of halogens is 2. The lowest BCUT2D eigenvalue weighted by Gasteiger charge is -2.24. The van der Waals surface area contributed by atoms with E-state index in [2.05, 4.69) is 48.7 Å². The predicted molar refractivity (Wildman–Crippen MR) is 84.2 cm³/mol. The molecule has 0 amide bonds. The van der Waals surface area contributed by atoms with E-state index in [1.165, 1.54) is 18.4 Å². The van der Waals surface area contributed by atoms with E-state index in [0.717, 1.165) is 22.5 Å². The van der Waals surface area contributed by atoms with Crippen molar-refractivity contribution >= 4 is 22.6 Å². The minimum atomic E-state index is -0.152. The van der Waals surface area contributed by atoms with Crippen molar-refractivity contribution in [3.05, 3.63) is 33.1 Å². The van der Waals surface area contributed by atoms with Crippen LogP contribution in [0, 0.1) is 15.3 Å². The van der Waals surface area contributed by atoms with Gasteiger partial charge in [0.15, 0.2) is 0 Å². The zero-order valence-electron chi connectivity index (χ0n) is 11.5. The fourth-order valence-corrected chi connectivity index (χ4v) is 3.16. The van der Waals surface area contributed by atoms with Crippen molar-refractivity contribution in [3.63, 3.8) is 0 Å². The van der Waals surface area contributed by atoms with Gasteiger partial charge in [-0.3, -0.25) is 0 Å². The lowest BCUT2D eigenvalue weighted by Crippen LogP contribution is -2.24. The summed E-state index contributed by atoms with van der Waals surface area (Å²) in [5.74, 6) is 0.579. The van der Waals surface area contributed by atoms with Crippen LogP contribution in [0.1, 0.15) is 51.6 Å². The molecule has 0 aliphatic heterocycles. The molecule has 1 N–H and O–H groups in total. The van der Waals surface area contributed by atoms with Crippen LogP contribution in [0.3, 0.4) is 0 Å². The molecule has 1 unspecified atom stereocenters. The molecule has 0 saturated heterocycles. The molecule has 0 fully saturated rings. The molecule has 102 valence electrons. The van der Waals surface area contributed by atoms with Gasteiger partial charge < -0.3 is 5.32 Å². The summed E-state index contributed by atoms with van der Waals surface area (Å²) >= 11 is 2.23. The molecule has 0 aliphatic rings. The van der Waals surface area contributed by atoms with Crippen LogP contribution in [-0.2, 0) is 0 Å². The Morgan fingerprint density at radius 2 is 1.89 bits per heavy atom. The molecule has 1 atom stereocenters. The molecule has 1 aromatic carbocycles. The maximum atomic E-state index is 13.2. The maximum absolute atomic E-state index is 13.2. The summed E-state index contributed by atoms with van der Waals surface area (Å²) in [6.45, 7) is 7.55. The smallest absolute Gasteiger partial charge is 0.124 e. The fourth-order valence-electron chi connectivity index (χ4n) is 2.31.